The molecule has 1 N–H and O–H groups in total. The summed E-state index contributed by atoms with van der Waals surface area (Å²) in [4.78, 5) is 14.9. The van der Waals surface area contributed by atoms with Crippen molar-refractivity contribution in [2.24, 2.45) is 0 Å². The van der Waals surface area contributed by atoms with Crippen LogP contribution >= 0.6 is 11.6 Å². The van der Waals surface area contributed by atoms with E-state index in [-0.39, 0.29) is 17.5 Å². The number of aromatic nitrogens is 1. The minimum atomic E-state index is -1.20. The first-order valence-corrected chi connectivity index (χ1v) is 5.62. The number of hydrogen-bond donors (Lipinski definition) is 1. The highest BCUT2D eigenvalue weighted by Crippen LogP contribution is 2.28. The van der Waals surface area contributed by atoms with Gasteiger partial charge in [0.1, 0.15) is 0 Å². The maximum atomic E-state index is 11.0. The van der Waals surface area contributed by atoms with E-state index < -0.39 is 5.97 Å². The van der Waals surface area contributed by atoms with Crippen molar-refractivity contribution in [2.75, 3.05) is 6.61 Å². The fourth-order valence-corrected chi connectivity index (χ4v) is 1.61. The van der Waals surface area contributed by atoms with Crippen molar-refractivity contribution in [3.8, 4) is 17.4 Å². The number of benzene rings is 1. The molecule has 0 saturated heterocycles. The molecule has 0 aliphatic heterocycles. The predicted octanol–water partition coefficient (Wildman–Crippen LogP) is 3.09. The largest absolute Gasteiger partial charge is 0.476 e. The van der Waals surface area contributed by atoms with Gasteiger partial charge in [-0.15, -0.1) is 0 Å². The summed E-state index contributed by atoms with van der Waals surface area (Å²) in [5.41, 5.74) is 0.350. The van der Waals surface area contributed by atoms with Crippen LogP contribution in [-0.2, 0) is 0 Å². The van der Waals surface area contributed by atoms with Gasteiger partial charge in [-0.1, -0.05) is 17.7 Å². The SMILES string of the molecule is CCOc1oc(-c2cccc(Cl)c2)nc1C(=O)O. The lowest BCUT2D eigenvalue weighted by molar-refractivity contribution is 0.0683. The summed E-state index contributed by atoms with van der Waals surface area (Å²) in [7, 11) is 0. The Morgan fingerprint density at radius 2 is 2.33 bits per heavy atom. The van der Waals surface area contributed by atoms with Crippen LogP contribution in [-0.4, -0.2) is 22.7 Å². The maximum Gasteiger partial charge on any atom is 0.362 e. The third kappa shape index (κ3) is 2.46. The van der Waals surface area contributed by atoms with Crippen molar-refractivity contribution in [1.82, 2.24) is 4.98 Å². The molecule has 1 heterocycles. The second kappa shape index (κ2) is 5.10. The Morgan fingerprint density at radius 1 is 1.56 bits per heavy atom. The monoisotopic (exact) mass is 267 g/mol. The van der Waals surface area contributed by atoms with Gasteiger partial charge in [0.05, 0.1) is 6.61 Å². The van der Waals surface area contributed by atoms with Gasteiger partial charge < -0.3 is 14.3 Å². The number of rotatable bonds is 4. The van der Waals surface area contributed by atoms with Gasteiger partial charge in [0.25, 0.3) is 0 Å². The van der Waals surface area contributed by atoms with Crippen molar-refractivity contribution in [3.63, 3.8) is 0 Å². The Bertz CT molecular complexity index is 579. The van der Waals surface area contributed by atoms with E-state index in [1.165, 1.54) is 0 Å². The van der Waals surface area contributed by atoms with Crippen LogP contribution in [0.25, 0.3) is 11.5 Å². The third-order valence-corrected chi connectivity index (χ3v) is 2.38. The van der Waals surface area contributed by atoms with Crippen LogP contribution < -0.4 is 4.74 Å². The number of carboxylic acid groups (broad SMARTS) is 1. The van der Waals surface area contributed by atoms with E-state index in [9.17, 15) is 4.79 Å². The number of hydrogen-bond acceptors (Lipinski definition) is 4. The second-order valence-corrected chi connectivity index (χ2v) is 3.84. The minimum Gasteiger partial charge on any atom is -0.476 e. The van der Waals surface area contributed by atoms with Crippen LogP contribution in [0.4, 0.5) is 0 Å². The molecule has 0 radical (unpaired) electrons. The molecule has 94 valence electrons. The molecule has 0 fully saturated rings. The highest BCUT2D eigenvalue weighted by molar-refractivity contribution is 6.30. The zero-order valence-corrected chi connectivity index (χ0v) is 10.3. The standard InChI is InChI=1S/C12H10ClNO4/c1-2-17-12-9(11(15)16)14-10(18-12)7-4-3-5-8(13)6-7/h3-6H,2H2,1H3,(H,15,16). The fraction of sp³-hybridized carbons (Fsp3) is 0.167. The number of carbonyl (C=O) groups is 1. The fourth-order valence-electron chi connectivity index (χ4n) is 1.42. The van der Waals surface area contributed by atoms with Gasteiger partial charge in [-0.3, -0.25) is 0 Å². The number of ether oxygens (including phenoxy) is 1. The molecule has 0 aliphatic carbocycles. The number of carboxylic acids is 1. The molecule has 6 heteroatoms. The van der Waals surface area contributed by atoms with E-state index >= 15 is 0 Å². The minimum absolute atomic E-state index is 0.0972. The molecule has 2 rings (SSSR count). The normalized spacial score (nSPS) is 10.3. The lowest BCUT2D eigenvalue weighted by Gasteiger charge is -1.97. The summed E-state index contributed by atoms with van der Waals surface area (Å²) in [5, 5.41) is 9.49. The Kier molecular flexibility index (Phi) is 3.53. The number of aromatic carboxylic acids is 1. The van der Waals surface area contributed by atoms with Crippen molar-refractivity contribution in [3.05, 3.63) is 35.0 Å². The summed E-state index contributed by atoms with van der Waals surface area (Å²) in [6.07, 6.45) is 0. The highest BCUT2D eigenvalue weighted by atomic mass is 35.5. The lowest BCUT2D eigenvalue weighted by Crippen LogP contribution is -2.01. The molecular weight excluding hydrogens is 258 g/mol. The summed E-state index contributed by atoms with van der Waals surface area (Å²) in [5.74, 6) is -1.13. The molecule has 0 aliphatic rings. The first-order valence-electron chi connectivity index (χ1n) is 5.24. The van der Waals surface area contributed by atoms with E-state index in [1.54, 1.807) is 31.2 Å². The van der Waals surface area contributed by atoms with Crippen LogP contribution in [0.1, 0.15) is 17.4 Å². The molecule has 2 aromatic rings. The molecule has 1 aromatic carbocycles. The van der Waals surface area contributed by atoms with Gasteiger partial charge in [-0.05, 0) is 25.1 Å². The zero-order chi connectivity index (χ0) is 13.1. The van der Waals surface area contributed by atoms with Crippen molar-refractivity contribution < 1.29 is 19.1 Å². The van der Waals surface area contributed by atoms with Gasteiger partial charge in [0.15, 0.2) is 0 Å². The van der Waals surface area contributed by atoms with Gasteiger partial charge in [0.2, 0.25) is 11.6 Å². The smallest absolute Gasteiger partial charge is 0.362 e. The predicted molar refractivity (Wildman–Crippen MR) is 65.1 cm³/mol. The van der Waals surface area contributed by atoms with Crippen LogP contribution in [0.15, 0.2) is 28.7 Å². The Hall–Kier alpha value is -2.01. The first kappa shape index (κ1) is 12.4. The van der Waals surface area contributed by atoms with E-state index in [0.29, 0.717) is 17.2 Å². The van der Waals surface area contributed by atoms with Crippen LogP contribution in [0.3, 0.4) is 0 Å². The van der Waals surface area contributed by atoms with Gasteiger partial charge in [-0.2, -0.15) is 4.98 Å². The second-order valence-electron chi connectivity index (χ2n) is 3.40. The average Bonchev–Trinajstić information content (AvgIpc) is 2.74. The summed E-state index contributed by atoms with van der Waals surface area (Å²) >= 11 is 5.85. The van der Waals surface area contributed by atoms with E-state index in [1.807, 2.05) is 0 Å². The molecule has 5 nitrogen and oxygen atoms in total. The van der Waals surface area contributed by atoms with Crippen LogP contribution in [0, 0.1) is 0 Å². The molecule has 0 spiro atoms. The average molecular weight is 268 g/mol. The summed E-state index contributed by atoms with van der Waals surface area (Å²) in [6.45, 7) is 2.03. The molecule has 0 amide bonds. The first-order chi connectivity index (χ1) is 8.61. The maximum absolute atomic E-state index is 11.0. The van der Waals surface area contributed by atoms with E-state index in [2.05, 4.69) is 4.98 Å². The van der Waals surface area contributed by atoms with Crippen molar-refractivity contribution >= 4 is 17.6 Å². The highest BCUT2D eigenvalue weighted by Gasteiger charge is 2.21. The van der Waals surface area contributed by atoms with E-state index in [4.69, 9.17) is 25.9 Å². The molecule has 18 heavy (non-hydrogen) atoms. The lowest BCUT2D eigenvalue weighted by atomic mass is 10.2. The van der Waals surface area contributed by atoms with E-state index in [0.717, 1.165) is 0 Å². The van der Waals surface area contributed by atoms with Crippen LogP contribution in [0.5, 0.6) is 5.95 Å². The van der Waals surface area contributed by atoms with Crippen molar-refractivity contribution in [1.29, 1.82) is 0 Å². The molecule has 1 aromatic heterocycles. The molecule has 0 saturated carbocycles. The molecular formula is C12H10ClNO4. The molecule has 0 bridgehead atoms. The summed E-state index contributed by atoms with van der Waals surface area (Å²) in [6, 6.07) is 6.78. The van der Waals surface area contributed by atoms with Crippen molar-refractivity contribution in [2.45, 2.75) is 6.92 Å². The van der Waals surface area contributed by atoms with Gasteiger partial charge >= 0.3 is 11.9 Å². The number of halogens is 1. The Balaban J connectivity index is 2.46. The third-order valence-electron chi connectivity index (χ3n) is 2.15. The van der Waals surface area contributed by atoms with Gasteiger partial charge in [-0.25, -0.2) is 4.79 Å². The quantitative estimate of drug-likeness (QED) is 0.921. The number of nitrogens with zero attached hydrogens (tertiary/aromatic N) is 1. The van der Waals surface area contributed by atoms with Gasteiger partial charge in [0, 0.05) is 10.6 Å². The molecule has 0 atom stereocenters. The summed E-state index contributed by atoms with van der Waals surface area (Å²) < 4.78 is 10.4. The Labute approximate surface area is 108 Å². The Morgan fingerprint density at radius 3 is 2.94 bits per heavy atom. The molecule has 0 unspecified atom stereocenters. The number of oxazole rings is 1. The zero-order valence-electron chi connectivity index (χ0n) is 9.51. The topological polar surface area (TPSA) is 72.6 Å². The van der Waals surface area contributed by atoms with Crippen LogP contribution in [0.2, 0.25) is 5.02 Å².